The summed E-state index contributed by atoms with van der Waals surface area (Å²) >= 11 is 0. The van der Waals surface area contributed by atoms with Crippen molar-refractivity contribution in [3.8, 4) is 0 Å². The number of aromatic nitrogens is 1. The van der Waals surface area contributed by atoms with Crippen molar-refractivity contribution >= 4 is 46.8 Å². The maximum absolute atomic E-state index is 13.3. The third-order valence-corrected chi connectivity index (χ3v) is 3.49. The third kappa shape index (κ3) is 5.66. The molecule has 8 heteroatoms. The summed E-state index contributed by atoms with van der Waals surface area (Å²) < 4.78 is 17.9. The van der Waals surface area contributed by atoms with Gasteiger partial charge in [-0.1, -0.05) is 0 Å². The summed E-state index contributed by atoms with van der Waals surface area (Å²) in [4.78, 5) is 18.3. The zero-order chi connectivity index (χ0) is 16.7. The van der Waals surface area contributed by atoms with Crippen LogP contribution in [-0.4, -0.2) is 44.2 Å². The molecule has 0 aliphatic carbocycles. The van der Waals surface area contributed by atoms with E-state index < -0.39 is 0 Å². The topological polar surface area (TPSA) is 78.5 Å². The predicted octanol–water partition coefficient (Wildman–Crippen LogP) is 2.20. The van der Waals surface area contributed by atoms with E-state index in [2.05, 4.69) is 25.3 Å². The van der Waals surface area contributed by atoms with Crippen LogP contribution in [0.15, 0.2) is 29.4 Å². The second kappa shape index (κ2) is 10.1. The first-order valence-corrected chi connectivity index (χ1v) is 7.41. The van der Waals surface area contributed by atoms with Crippen molar-refractivity contribution in [2.75, 3.05) is 27.2 Å². The molecule has 0 bridgehead atoms. The number of carbonyl (C=O) groups excluding carboxylic acids is 1. The number of esters is 1. The Labute approximate surface area is 157 Å². The van der Waals surface area contributed by atoms with Gasteiger partial charge in [-0.2, -0.15) is 0 Å². The summed E-state index contributed by atoms with van der Waals surface area (Å²) in [5.41, 5.74) is 1.96. The van der Waals surface area contributed by atoms with Crippen LogP contribution in [0, 0.1) is 5.82 Å². The van der Waals surface area contributed by atoms with E-state index in [9.17, 15) is 9.18 Å². The molecular weight excluding hydrogens is 426 g/mol. The number of carbonyl (C=O) groups is 1. The van der Waals surface area contributed by atoms with Crippen LogP contribution < -0.4 is 10.6 Å². The Hall–Kier alpha value is -1.84. The van der Waals surface area contributed by atoms with Crippen molar-refractivity contribution in [3.63, 3.8) is 0 Å². The molecule has 0 amide bonds. The molecule has 0 aliphatic heterocycles. The lowest BCUT2D eigenvalue weighted by Crippen LogP contribution is -2.39. The molecule has 0 fully saturated rings. The molecule has 0 unspecified atom stereocenters. The largest absolute Gasteiger partial charge is 0.469 e. The van der Waals surface area contributed by atoms with Gasteiger partial charge in [0, 0.05) is 37.2 Å². The number of guanidine groups is 1. The van der Waals surface area contributed by atoms with Crippen LogP contribution in [0.2, 0.25) is 0 Å². The van der Waals surface area contributed by atoms with Gasteiger partial charge in [-0.05, 0) is 30.2 Å². The zero-order valence-electron chi connectivity index (χ0n) is 13.7. The van der Waals surface area contributed by atoms with Crippen molar-refractivity contribution in [1.82, 2.24) is 15.6 Å². The second-order valence-corrected chi connectivity index (χ2v) is 5.01. The fraction of sp³-hybridized carbons (Fsp3) is 0.375. The highest BCUT2D eigenvalue weighted by atomic mass is 127. The molecule has 3 N–H and O–H groups in total. The van der Waals surface area contributed by atoms with Gasteiger partial charge in [-0.3, -0.25) is 9.79 Å². The first-order valence-electron chi connectivity index (χ1n) is 7.41. The average Bonchev–Trinajstić information content (AvgIpc) is 2.95. The molecule has 1 aromatic heterocycles. The molecule has 1 heterocycles. The van der Waals surface area contributed by atoms with Gasteiger partial charge in [0.2, 0.25) is 0 Å². The average molecular weight is 448 g/mol. The molecule has 0 spiro atoms. The Bertz CT molecular complexity index is 702. The van der Waals surface area contributed by atoms with Crippen molar-refractivity contribution in [3.05, 3.63) is 35.8 Å². The number of nitrogens with zero attached hydrogens (tertiary/aromatic N) is 1. The number of aromatic amines is 1. The lowest BCUT2D eigenvalue weighted by molar-refractivity contribution is -0.140. The molecule has 2 aromatic rings. The van der Waals surface area contributed by atoms with E-state index in [0.29, 0.717) is 19.0 Å². The van der Waals surface area contributed by atoms with E-state index in [1.807, 2.05) is 6.20 Å². The predicted molar refractivity (Wildman–Crippen MR) is 103 cm³/mol. The molecule has 0 radical (unpaired) electrons. The fourth-order valence-corrected chi connectivity index (χ4v) is 2.28. The van der Waals surface area contributed by atoms with Crippen molar-refractivity contribution in [1.29, 1.82) is 0 Å². The van der Waals surface area contributed by atoms with E-state index in [-0.39, 0.29) is 42.2 Å². The minimum atomic E-state index is -0.270. The first-order chi connectivity index (χ1) is 11.1. The lowest BCUT2D eigenvalue weighted by Gasteiger charge is -2.11. The molecule has 6 nitrogen and oxygen atoms in total. The summed E-state index contributed by atoms with van der Waals surface area (Å²) in [5, 5.41) is 7.08. The van der Waals surface area contributed by atoms with Crippen LogP contribution in [0.4, 0.5) is 4.39 Å². The van der Waals surface area contributed by atoms with Gasteiger partial charge in [-0.25, -0.2) is 4.39 Å². The monoisotopic (exact) mass is 448 g/mol. The molecule has 0 saturated carbocycles. The van der Waals surface area contributed by atoms with E-state index >= 15 is 0 Å². The highest BCUT2D eigenvalue weighted by Gasteiger charge is 2.06. The van der Waals surface area contributed by atoms with Crippen LogP contribution in [0.1, 0.15) is 12.0 Å². The highest BCUT2D eigenvalue weighted by molar-refractivity contribution is 14.0. The molecule has 0 saturated heterocycles. The lowest BCUT2D eigenvalue weighted by atomic mass is 10.1. The molecule has 0 aliphatic rings. The zero-order valence-corrected chi connectivity index (χ0v) is 16.0. The Morgan fingerprint density at radius 1 is 1.33 bits per heavy atom. The molecular formula is C16H22FIN4O2. The number of fused-ring (bicyclic) bond motifs is 1. The number of halogens is 2. The summed E-state index contributed by atoms with van der Waals surface area (Å²) in [5.74, 6) is 0.0975. The van der Waals surface area contributed by atoms with E-state index in [0.717, 1.165) is 22.9 Å². The SMILES string of the molecule is CN=C(NCCC(=O)OC)NCCc1c[nH]c2ccc(F)cc12.I. The van der Waals surface area contributed by atoms with Crippen LogP contribution >= 0.6 is 24.0 Å². The fourth-order valence-electron chi connectivity index (χ4n) is 2.28. The molecule has 0 atom stereocenters. The van der Waals surface area contributed by atoms with Crippen molar-refractivity contribution in [2.45, 2.75) is 12.8 Å². The second-order valence-electron chi connectivity index (χ2n) is 5.01. The van der Waals surface area contributed by atoms with Gasteiger partial charge < -0.3 is 20.4 Å². The number of benzene rings is 1. The number of H-pyrrole nitrogens is 1. The van der Waals surface area contributed by atoms with Crippen LogP contribution in [-0.2, 0) is 16.0 Å². The first kappa shape index (κ1) is 20.2. The summed E-state index contributed by atoms with van der Waals surface area (Å²) in [6.07, 6.45) is 2.89. The van der Waals surface area contributed by atoms with Gasteiger partial charge in [-0.15, -0.1) is 24.0 Å². The van der Waals surface area contributed by atoms with E-state index in [4.69, 9.17) is 0 Å². The third-order valence-electron chi connectivity index (χ3n) is 3.49. The number of methoxy groups -OCH3 is 1. The van der Waals surface area contributed by atoms with Gasteiger partial charge in [0.15, 0.2) is 5.96 Å². The van der Waals surface area contributed by atoms with Crippen LogP contribution in [0.5, 0.6) is 0 Å². The summed E-state index contributed by atoms with van der Waals surface area (Å²) in [7, 11) is 3.02. The van der Waals surface area contributed by atoms with Crippen LogP contribution in [0.3, 0.4) is 0 Å². The van der Waals surface area contributed by atoms with Gasteiger partial charge in [0.05, 0.1) is 13.5 Å². The van der Waals surface area contributed by atoms with Gasteiger partial charge in [0.1, 0.15) is 5.82 Å². The molecule has 24 heavy (non-hydrogen) atoms. The smallest absolute Gasteiger partial charge is 0.307 e. The standard InChI is InChI=1S/C16H21FN4O2.HI/c1-18-16(20-8-6-15(22)23-2)19-7-5-11-10-21-14-4-3-12(17)9-13(11)14;/h3-4,9-10,21H,5-8H2,1-2H3,(H2,18,19,20);1H. The Balaban J connectivity index is 0.00000288. The number of hydrogen-bond acceptors (Lipinski definition) is 3. The normalized spacial score (nSPS) is 11.0. The number of rotatable bonds is 6. The minimum Gasteiger partial charge on any atom is -0.469 e. The highest BCUT2D eigenvalue weighted by Crippen LogP contribution is 2.19. The Morgan fingerprint density at radius 3 is 2.79 bits per heavy atom. The number of aliphatic imine (C=N–C) groups is 1. The van der Waals surface area contributed by atoms with Gasteiger partial charge >= 0.3 is 5.97 Å². The molecule has 1 aromatic carbocycles. The maximum Gasteiger partial charge on any atom is 0.307 e. The summed E-state index contributed by atoms with van der Waals surface area (Å²) in [6, 6.07) is 4.70. The minimum absolute atomic E-state index is 0. The van der Waals surface area contributed by atoms with Crippen LogP contribution in [0.25, 0.3) is 10.9 Å². The van der Waals surface area contributed by atoms with Crippen molar-refractivity contribution in [2.24, 2.45) is 4.99 Å². The maximum atomic E-state index is 13.3. The Morgan fingerprint density at radius 2 is 2.08 bits per heavy atom. The van der Waals surface area contributed by atoms with E-state index in [1.165, 1.54) is 19.2 Å². The summed E-state index contributed by atoms with van der Waals surface area (Å²) in [6.45, 7) is 1.09. The quantitative estimate of drug-likeness (QED) is 0.274. The molecule has 2 rings (SSSR count). The number of ether oxygens (including phenoxy) is 1. The van der Waals surface area contributed by atoms with Crippen molar-refractivity contribution < 1.29 is 13.9 Å². The number of hydrogen-bond donors (Lipinski definition) is 3. The van der Waals surface area contributed by atoms with E-state index in [1.54, 1.807) is 13.1 Å². The Kier molecular flexibility index (Phi) is 8.51. The van der Waals surface area contributed by atoms with Gasteiger partial charge in [0.25, 0.3) is 0 Å². The molecule has 132 valence electrons. The number of nitrogens with one attached hydrogen (secondary N) is 3.